The molecule has 1 aromatic heterocycles. The molecule has 0 atom stereocenters. The van der Waals surface area contributed by atoms with E-state index in [0.717, 1.165) is 24.9 Å². The number of hydrogen-bond acceptors (Lipinski definition) is 3. The van der Waals surface area contributed by atoms with Gasteiger partial charge in [0.25, 0.3) is 0 Å². The van der Waals surface area contributed by atoms with Crippen molar-refractivity contribution in [1.82, 2.24) is 4.98 Å². The third-order valence-corrected chi connectivity index (χ3v) is 4.40. The number of hydrogen-bond donors (Lipinski definition) is 3. The van der Waals surface area contributed by atoms with Crippen LogP contribution in [0.2, 0.25) is 5.02 Å². The van der Waals surface area contributed by atoms with Crippen molar-refractivity contribution in [2.45, 2.75) is 19.3 Å². The zero-order valence-corrected chi connectivity index (χ0v) is 13.2. The standard InChI is InChI=1S/C17H16ClN3O2/c18-12-9-13(17(22)23)21-16(20-11-7-2-1-3-8-11)14(12)15(19)10-5-4-6-10/h1-3,7-10,19H,4-6H2,(H,20,21)(H,22,23)/p+1. The van der Waals surface area contributed by atoms with Crippen molar-refractivity contribution in [3.8, 4) is 0 Å². The Morgan fingerprint density at radius 1 is 1.30 bits per heavy atom. The predicted molar refractivity (Wildman–Crippen MR) is 88.1 cm³/mol. The highest BCUT2D eigenvalue weighted by atomic mass is 35.5. The number of para-hydroxylation sites is 1. The van der Waals surface area contributed by atoms with Crippen LogP contribution in [-0.4, -0.2) is 21.8 Å². The molecule has 23 heavy (non-hydrogen) atoms. The van der Waals surface area contributed by atoms with E-state index in [2.05, 4.69) is 4.98 Å². The summed E-state index contributed by atoms with van der Waals surface area (Å²) in [4.78, 5) is 15.5. The maximum Gasteiger partial charge on any atom is 0.354 e. The molecule has 6 heteroatoms. The van der Waals surface area contributed by atoms with E-state index in [1.165, 1.54) is 6.07 Å². The number of nitrogens with one attached hydrogen (secondary N) is 1. The van der Waals surface area contributed by atoms with Crippen molar-refractivity contribution in [2.75, 3.05) is 0 Å². The number of aromatic nitrogens is 1. The van der Waals surface area contributed by atoms with Gasteiger partial charge in [-0.15, -0.1) is 0 Å². The fourth-order valence-electron chi connectivity index (χ4n) is 2.62. The molecule has 0 radical (unpaired) electrons. The van der Waals surface area contributed by atoms with Crippen LogP contribution in [0, 0.1) is 11.3 Å². The Balaban J connectivity index is 2.05. The SMILES string of the molecule is N=C(c1c(Cl)cc(C(=O)O)nc1[NH2+]c1ccccc1)C1CCC1. The number of benzene rings is 1. The van der Waals surface area contributed by atoms with Crippen LogP contribution in [0.5, 0.6) is 0 Å². The summed E-state index contributed by atoms with van der Waals surface area (Å²) < 4.78 is 0. The van der Waals surface area contributed by atoms with E-state index in [0.29, 0.717) is 17.1 Å². The molecule has 0 saturated heterocycles. The van der Waals surface area contributed by atoms with Crippen LogP contribution in [0.25, 0.3) is 0 Å². The molecule has 3 rings (SSSR count). The Morgan fingerprint density at radius 3 is 2.57 bits per heavy atom. The fourth-order valence-corrected chi connectivity index (χ4v) is 2.92. The predicted octanol–water partition coefficient (Wildman–Crippen LogP) is 3.13. The van der Waals surface area contributed by atoms with Crippen molar-refractivity contribution in [3.05, 3.63) is 52.7 Å². The molecule has 2 aromatic rings. The first-order valence-electron chi connectivity index (χ1n) is 7.48. The minimum Gasteiger partial charge on any atom is -0.477 e. The highest BCUT2D eigenvalue weighted by Gasteiger charge is 2.29. The number of carboxylic acid groups (broad SMARTS) is 1. The second-order valence-electron chi connectivity index (χ2n) is 5.65. The van der Waals surface area contributed by atoms with E-state index in [9.17, 15) is 9.90 Å². The molecule has 1 aliphatic carbocycles. The number of aromatic carboxylic acids is 1. The van der Waals surface area contributed by atoms with E-state index >= 15 is 0 Å². The molecule has 1 saturated carbocycles. The van der Waals surface area contributed by atoms with Crippen molar-refractivity contribution in [1.29, 1.82) is 5.41 Å². The van der Waals surface area contributed by atoms with Crippen LogP contribution in [0.4, 0.5) is 11.5 Å². The summed E-state index contributed by atoms with van der Waals surface area (Å²) in [6, 6.07) is 10.8. The molecule has 0 spiro atoms. The van der Waals surface area contributed by atoms with Crippen LogP contribution in [0.15, 0.2) is 36.4 Å². The molecule has 0 unspecified atom stereocenters. The third kappa shape index (κ3) is 3.25. The molecule has 1 aliphatic rings. The van der Waals surface area contributed by atoms with Gasteiger partial charge in [-0.2, -0.15) is 4.98 Å². The van der Waals surface area contributed by atoms with Crippen molar-refractivity contribution in [2.24, 2.45) is 5.92 Å². The largest absolute Gasteiger partial charge is 0.477 e. The molecule has 0 amide bonds. The zero-order valence-electron chi connectivity index (χ0n) is 12.4. The lowest BCUT2D eigenvalue weighted by Crippen LogP contribution is -2.72. The van der Waals surface area contributed by atoms with Gasteiger partial charge in [-0.05, 0) is 31.0 Å². The fraction of sp³-hybridized carbons (Fsp3) is 0.235. The minimum absolute atomic E-state index is 0.109. The first-order valence-corrected chi connectivity index (χ1v) is 7.86. The van der Waals surface area contributed by atoms with E-state index in [1.807, 2.05) is 30.3 Å². The maximum absolute atomic E-state index is 11.3. The normalized spacial score (nSPS) is 14.3. The monoisotopic (exact) mass is 330 g/mol. The van der Waals surface area contributed by atoms with Gasteiger partial charge in [0.2, 0.25) is 5.82 Å². The van der Waals surface area contributed by atoms with Gasteiger partial charge < -0.3 is 10.5 Å². The summed E-state index contributed by atoms with van der Waals surface area (Å²) >= 11 is 6.30. The van der Waals surface area contributed by atoms with Crippen LogP contribution in [0.3, 0.4) is 0 Å². The Bertz CT molecular complexity index is 758. The van der Waals surface area contributed by atoms with E-state index in [4.69, 9.17) is 17.0 Å². The molecule has 1 fully saturated rings. The Labute approximate surface area is 138 Å². The first-order chi connectivity index (χ1) is 11.1. The summed E-state index contributed by atoms with van der Waals surface area (Å²) in [5.74, 6) is -0.498. The third-order valence-electron chi connectivity index (χ3n) is 4.10. The molecule has 5 nitrogen and oxygen atoms in total. The molecule has 4 N–H and O–H groups in total. The number of nitrogens with zero attached hydrogens (tertiary/aromatic N) is 1. The van der Waals surface area contributed by atoms with Gasteiger partial charge in [0, 0.05) is 5.92 Å². The summed E-state index contributed by atoms with van der Waals surface area (Å²) in [7, 11) is 0. The van der Waals surface area contributed by atoms with Gasteiger partial charge >= 0.3 is 5.97 Å². The van der Waals surface area contributed by atoms with Crippen LogP contribution < -0.4 is 5.32 Å². The quantitative estimate of drug-likeness (QED) is 0.581. The average molecular weight is 331 g/mol. The van der Waals surface area contributed by atoms with E-state index in [1.54, 1.807) is 5.32 Å². The molecular weight excluding hydrogens is 314 g/mol. The second-order valence-corrected chi connectivity index (χ2v) is 6.06. The summed E-state index contributed by atoms with van der Waals surface area (Å²) in [6.45, 7) is 0. The molecule has 0 bridgehead atoms. The number of halogens is 1. The van der Waals surface area contributed by atoms with Gasteiger partial charge in [-0.25, -0.2) is 4.79 Å². The van der Waals surface area contributed by atoms with Gasteiger partial charge in [-0.1, -0.05) is 36.2 Å². The number of quaternary nitrogens is 1. The van der Waals surface area contributed by atoms with E-state index < -0.39 is 5.97 Å². The zero-order chi connectivity index (χ0) is 16.4. The van der Waals surface area contributed by atoms with Gasteiger partial charge in [0.05, 0.1) is 16.3 Å². The van der Waals surface area contributed by atoms with Gasteiger partial charge in [0.1, 0.15) is 5.69 Å². The number of pyridine rings is 1. The van der Waals surface area contributed by atoms with Crippen molar-refractivity contribution >= 4 is 34.8 Å². The first kappa shape index (κ1) is 15.6. The molecule has 1 aromatic carbocycles. The summed E-state index contributed by atoms with van der Waals surface area (Å²) in [5, 5.41) is 19.7. The van der Waals surface area contributed by atoms with Crippen LogP contribution >= 0.6 is 11.6 Å². The summed E-state index contributed by atoms with van der Waals surface area (Å²) in [6.07, 6.45) is 3.06. The van der Waals surface area contributed by atoms with Crippen molar-refractivity contribution in [3.63, 3.8) is 0 Å². The smallest absolute Gasteiger partial charge is 0.354 e. The number of carbonyl (C=O) groups is 1. The lowest BCUT2D eigenvalue weighted by atomic mass is 9.79. The van der Waals surface area contributed by atoms with Gasteiger partial charge in [0.15, 0.2) is 5.69 Å². The Hall–Kier alpha value is -2.24. The lowest BCUT2D eigenvalue weighted by molar-refractivity contribution is -0.483. The Morgan fingerprint density at radius 2 is 2.00 bits per heavy atom. The molecule has 1 heterocycles. The summed E-state index contributed by atoms with van der Waals surface area (Å²) in [5.41, 5.74) is 1.78. The lowest BCUT2D eigenvalue weighted by Gasteiger charge is -2.26. The number of carboxylic acids is 1. The molecule has 0 aliphatic heterocycles. The number of nitrogens with two attached hydrogens (primary N) is 1. The van der Waals surface area contributed by atoms with Crippen molar-refractivity contribution < 1.29 is 15.2 Å². The topological polar surface area (TPSA) is 90.7 Å². The average Bonchev–Trinajstić information content (AvgIpc) is 2.45. The van der Waals surface area contributed by atoms with E-state index in [-0.39, 0.29) is 16.6 Å². The van der Waals surface area contributed by atoms with Crippen LogP contribution in [-0.2, 0) is 0 Å². The minimum atomic E-state index is -1.13. The highest BCUT2D eigenvalue weighted by molar-refractivity contribution is 6.35. The highest BCUT2D eigenvalue weighted by Crippen LogP contribution is 2.34. The van der Waals surface area contributed by atoms with Crippen LogP contribution in [0.1, 0.15) is 35.3 Å². The molecular formula is C17H17ClN3O2+. The number of rotatable bonds is 5. The molecule has 118 valence electrons. The maximum atomic E-state index is 11.3. The Kier molecular flexibility index (Phi) is 4.41. The van der Waals surface area contributed by atoms with Gasteiger partial charge in [-0.3, -0.25) is 5.32 Å². The second kappa shape index (κ2) is 6.48.